The van der Waals surface area contributed by atoms with Gasteiger partial charge in [0, 0.05) is 18.6 Å². The standard InChI is InChI=1S/C14H19NO5/c1-2-19-14(16)6-4-3-5-11-20-13-9-7-12(8-10-13)15(17)18/h7-10H,2-6,11H2,1H3. The lowest BCUT2D eigenvalue weighted by molar-refractivity contribution is -0.384. The summed E-state index contributed by atoms with van der Waals surface area (Å²) in [5, 5.41) is 10.5. The second-order valence-electron chi connectivity index (χ2n) is 4.22. The van der Waals surface area contributed by atoms with Gasteiger partial charge in [0.05, 0.1) is 18.1 Å². The molecule has 1 rings (SSSR count). The monoisotopic (exact) mass is 281 g/mol. The van der Waals surface area contributed by atoms with Crippen LogP contribution in [0.4, 0.5) is 5.69 Å². The molecule has 0 aliphatic rings. The zero-order chi connectivity index (χ0) is 14.8. The molecular weight excluding hydrogens is 262 g/mol. The van der Waals surface area contributed by atoms with E-state index in [-0.39, 0.29) is 11.7 Å². The van der Waals surface area contributed by atoms with E-state index in [0.717, 1.165) is 19.3 Å². The molecule has 0 aromatic heterocycles. The average Bonchev–Trinajstić information content (AvgIpc) is 2.43. The molecule has 0 atom stereocenters. The summed E-state index contributed by atoms with van der Waals surface area (Å²) in [6.07, 6.45) is 2.93. The molecule has 0 saturated heterocycles. The first kappa shape index (κ1) is 15.9. The normalized spacial score (nSPS) is 10.1. The number of unbranched alkanes of at least 4 members (excludes halogenated alkanes) is 2. The molecule has 1 aromatic rings. The van der Waals surface area contributed by atoms with Crippen LogP contribution < -0.4 is 4.74 Å². The molecule has 20 heavy (non-hydrogen) atoms. The van der Waals surface area contributed by atoms with Crippen LogP contribution in [-0.2, 0) is 9.53 Å². The summed E-state index contributed by atoms with van der Waals surface area (Å²) >= 11 is 0. The number of nitro benzene ring substituents is 1. The van der Waals surface area contributed by atoms with Gasteiger partial charge in [0.25, 0.3) is 5.69 Å². The maximum atomic E-state index is 11.1. The lowest BCUT2D eigenvalue weighted by Gasteiger charge is -2.05. The lowest BCUT2D eigenvalue weighted by Crippen LogP contribution is -2.04. The maximum absolute atomic E-state index is 11.1. The highest BCUT2D eigenvalue weighted by Crippen LogP contribution is 2.17. The molecule has 0 bridgehead atoms. The van der Waals surface area contributed by atoms with E-state index >= 15 is 0 Å². The largest absolute Gasteiger partial charge is 0.494 e. The Morgan fingerprint density at radius 3 is 2.50 bits per heavy atom. The Balaban J connectivity index is 2.12. The fourth-order valence-corrected chi connectivity index (χ4v) is 1.64. The van der Waals surface area contributed by atoms with Gasteiger partial charge in [-0.1, -0.05) is 0 Å². The molecular formula is C14H19NO5. The summed E-state index contributed by atoms with van der Waals surface area (Å²) < 4.78 is 10.3. The molecule has 110 valence electrons. The van der Waals surface area contributed by atoms with Crippen molar-refractivity contribution in [2.45, 2.75) is 32.6 Å². The third kappa shape index (κ3) is 6.17. The molecule has 0 unspecified atom stereocenters. The number of nitro groups is 1. The Kier molecular flexibility index (Phi) is 7.10. The molecule has 0 spiro atoms. The van der Waals surface area contributed by atoms with Gasteiger partial charge in [0.15, 0.2) is 0 Å². The smallest absolute Gasteiger partial charge is 0.305 e. The predicted molar refractivity (Wildman–Crippen MR) is 73.7 cm³/mol. The number of rotatable bonds is 9. The number of hydrogen-bond acceptors (Lipinski definition) is 5. The summed E-state index contributed by atoms with van der Waals surface area (Å²) in [6.45, 7) is 2.73. The van der Waals surface area contributed by atoms with E-state index in [9.17, 15) is 14.9 Å². The Morgan fingerprint density at radius 2 is 1.90 bits per heavy atom. The third-order valence-electron chi connectivity index (χ3n) is 2.65. The first-order valence-corrected chi connectivity index (χ1v) is 6.66. The molecule has 6 nitrogen and oxygen atoms in total. The quantitative estimate of drug-likeness (QED) is 0.301. The minimum atomic E-state index is -0.445. The van der Waals surface area contributed by atoms with Gasteiger partial charge in [0.2, 0.25) is 0 Å². The minimum absolute atomic E-state index is 0.0480. The number of esters is 1. The summed E-state index contributed by atoms with van der Waals surface area (Å²) in [7, 11) is 0. The van der Waals surface area contributed by atoms with Crippen molar-refractivity contribution in [3.63, 3.8) is 0 Å². The van der Waals surface area contributed by atoms with Gasteiger partial charge in [-0.05, 0) is 38.3 Å². The van der Waals surface area contributed by atoms with Crippen LogP contribution in [0.1, 0.15) is 32.6 Å². The van der Waals surface area contributed by atoms with E-state index in [2.05, 4.69) is 0 Å². The van der Waals surface area contributed by atoms with Crippen molar-refractivity contribution in [2.75, 3.05) is 13.2 Å². The Morgan fingerprint density at radius 1 is 1.20 bits per heavy atom. The van der Waals surface area contributed by atoms with Crippen molar-refractivity contribution in [1.29, 1.82) is 0 Å². The van der Waals surface area contributed by atoms with Crippen LogP contribution >= 0.6 is 0 Å². The predicted octanol–water partition coefficient (Wildman–Crippen LogP) is 3.10. The van der Waals surface area contributed by atoms with Crippen molar-refractivity contribution in [3.8, 4) is 5.75 Å². The van der Waals surface area contributed by atoms with Crippen LogP contribution in [-0.4, -0.2) is 24.1 Å². The third-order valence-corrected chi connectivity index (χ3v) is 2.65. The summed E-state index contributed by atoms with van der Waals surface area (Å²) in [5.74, 6) is 0.449. The molecule has 0 N–H and O–H groups in total. The fraction of sp³-hybridized carbons (Fsp3) is 0.500. The second-order valence-corrected chi connectivity index (χ2v) is 4.22. The number of benzene rings is 1. The van der Waals surface area contributed by atoms with E-state index in [0.29, 0.717) is 25.4 Å². The van der Waals surface area contributed by atoms with Crippen LogP contribution in [0.2, 0.25) is 0 Å². The average molecular weight is 281 g/mol. The molecule has 0 radical (unpaired) electrons. The van der Waals surface area contributed by atoms with E-state index in [1.165, 1.54) is 12.1 Å². The van der Waals surface area contributed by atoms with Gasteiger partial charge >= 0.3 is 5.97 Å². The van der Waals surface area contributed by atoms with Gasteiger partial charge < -0.3 is 9.47 Å². The zero-order valence-electron chi connectivity index (χ0n) is 11.5. The number of hydrogen-bond donors (Lipinski definition) is 0. The van der Waals surface area contributed by atoms with Crippen molar-refractivity contribution >= 4 is 11.7 Å². The van der Waals surface area contributed by atoms with Crippen LogP contribution in [0.5, 0.6) is 5.75 Å². The van der Waals surface area contributed by atoms with E-state index < -0.39 is 4.92 Å². The maximum Gasteiger partial charge on any atom is 0.305 e. The van der Waals surface area contributed by atoms with Crippen LogP contribution in [0.25, 0.3) is 0 Å². The van der Waals surface area contributed by atoms with E-state index in [1.807, 2.05) is 0 Å². The van der Waals surface area contributed by atoms with Gasteiger partial charge in [-0.2, -0.15) is 0 Å². The number of carbonyl (C=O) groups excluding carboxylic acids is 1. The van der Waals surface area contributed by atoms with Crippen molar-refractivity contribution < 1.29 is 19.2 Å². The van der Waals surface area contributed by atoms with Crippen LogP contribution in [0.3, 0.4) is 0 Å². The number of non-ortho nitro benzene ring substituents is 1. The second kappa shape index (κ2) is 8.90. The van der Waals surface area contributed by atoms with E-state index in [4.69, 9.17) is 9.47 Å². The highest BCUT2D eigenvalue weighted by molar-refractivity contribution is 5.69. The van der Waals surface area contributed by atoms with Gasteiger partial charge in [-0.25, -0.2) is 0 Å². The zero-order valence-corrected chi connectivity index (χ0v) is 11.5. The minimum Gasteiger partial charge on any atom is -0.494 e. The molecule has 1 aromatic carbocycles. The highest BCUT2D eigenvalue weighted by atomic mass is 16.6. The highest BCUT2D eigenvalue weighted by Gasteiger charge is 2.04. The van der Waals surface area contributed by atoms with Gasteiger partial charge in [-0.15, -0.1) is 0 Å². The van der Waals surface area contributed by atoms with Crippen molar-refractivity contribution in [2.24, 2.45) is 0 Å². The molecule has 0 aliphatic heterocycles. The Hall–Kier alpha value is -2.11. The molecule has 0 saturated carbocycles. The topological polar surface area (TPSA) is 78.7 Å². The number of carbonyl (C=O) groups is 1. The molecule has 6 heteroatoms. The van der Waals surface area contributed by atoms with Gasteiger partial charge in [-0.3, -0.25) is 14.9 Å². The SMILES string of the molecule is CCOC(=O)CCCCCOc1ccc([N+](=O)[O-])cc1. The van der Waals surface area contributed by atoms with Crippen molar-refractivity contribution in [1.82, 2.24) is 0 Å². The first-order valence-electron chi connectivity index (χ1n) is 6.66. The lowest BCUT2D eigenvalue weighted by atomic mass is 10.2. The number of ether oxygens (including phenoxy) is 2. The molecule has 0 aliphatic carbocycles. The van der Waals surface area contributed by atoms with Crippen LogP contribution in [0.15, 0.2) is 24.3 Å². The molecule has 0 fully saturated rings. The number of nitrogens with zero attached hydrogens (tertiary/aromatic N) is 1. The fourth-order valence-electron chi connectivity index (χ4n) is 1.64. The molecule has 0 heterocycles. The summed E-state index contributed by atoms with van der Waals surface area (Å²) in [4.78, 5) is 21.1. The first-order chi connectivity index (χ1) is 9.63. The van der Waals surface area contributed by atoms with Gasteiger partial charge in [0.1, 0.15) is 5.75 Å². The summed E-state index contributed by atoms with van der Waals surface area (Å²) in [5.41, 5.74) is 0.0480. The summed E-state index contributed by atoms with van der Waals surface area (Å²) in [6, 6.07) is 5.99. The molecule has 0 amide bonds. The Labute approximate surface area is 117 Å². The van der Waals surface area contributed by atoms with Crippen LogP contribution in [0, 0.1) is 10.1 Å². The Bertz CT molecular complexity index is 430. The van der Waals surface area contributed by atoms with Crippen molar-refractivity contribution in [3.05, 3.63) is 34.4 Å². The van der Waals surface area contributed by atoms with E-state index in [1.54, 1.807) is 19.1 Å².